The molecule has 0 radical (unpaired) electrons. The van der Waals surface area contributed by atoms with Crippen LogP contribution in [0, 0.1) is 0 Å². The van der Waals surface area contributed by atoms with Crippen molar-refractivity contribution in [2.45, 2.75) is 12.8 Å². The number of ether oxygens (including phenoxy) is 1. The number of aromatic nitrogens is 2. The van der Waals surface area contributed by atoms with Crippen molar-refractivity contribution in [2.24, 2.45) is 0 Å². The molecule has 1 saturated heterocycles. The van der Waals surface area contributed by atoms with Crippen LogP contribution in [0.2, 0.25) is 0 Å². The third-order valence-electron chi connectivity index (χ3n) is 3.32. The number of nitrogens with zero attached hydrogens (tertiary/aromatic N) is 4. The minimum absolute atomic E-state index is 0.875. The topological polar surface area (TPSA) is 41.5 Å². The van der Waals surface area contributed by atoms with Crippen LogP contribution in [0.15, 0.2) is 18.6 Å². The highest BCUT2D eigenvalue weighted by Gasteiger charge is 2.17. The average Bonchev–Trinajstić information content (AvgIpc) is 2.45. The van der Waals surface area contributed by atoms with Crippen molar-refractivity contribution in [3.8, 4) is 0 Å². The van der Waals surface area contributed by atoms with Gasteiger partial charge < -0.3 is 9.64 Å². The molecule has 5 heteroatoms. The molecule has 0 saturated carbocycles. The van der Waals surface area contributed by atoms with Crippen LogP contribution in [-0.4, -0.2) is 61.3 Å². The molecular weight excluding hydrogens is 228 g/mol. The molecule has 1 aliphatic rings. The van der Waals surface area contributed by atoms with E-state index in [0.717, 1.165) is 45.0 Å². The SMILES string of the molecule is COCCCCN1CCN(c2cnccn2)CC1. The zero-order valence-corrected chi connectivity index (χ0v) is 11.1. The first kappa shape index (κ1) is 13.2. The van der Waals surface area contributed by atoms with Crippen LogP contribution >= 0.6 is 0 Å². The molecule has 1 aromatic heterocycles. The van der Waals surface area contributed by atoms with Gasteiger partial charge in [-0.15, -0.1) is 0 Å². The van der Waals surface area contributed by atoms with Gasteiger partial charge in [0.05, 0.1) is 6.20 Å². The van der Waals surface area contributed by atoms with Gasteiger partial charge in [0.15, 0.2) is 0 Å². The van der Waals surface area contributed by atoms with Crippen molar-refractivity contribution in [3.05, 3.63) is 18.6 Å². The number of hydrogen-bond acceptors (Lipinski definition) is 5. The minimum Gasteiger partial charge on any atom is -0.385 e. The predicted molar refractivity (Wildman–Crippen MR) is 71.8 cm³/mol. The number of rotatable bonds is 6. The Hall–Kier alpha value is -1.20. The monoisotopic (exact) mass is 250 g/mol. The standard InChI is InChI=1S/C13H22N4O/c1-18-11-3-2-6-16-7-9-17(10-8-16)13-12-14-4-5-15-13/h4-5,12H,2-3,6-11H2,1H3. The van der Waals surface area contributed by atoms with E-state index in [1.54, 1.807) is 19.5 Å². The quantitative estimate of drug-likeness (QED) is 0.705. The average molecular weight is 250 g/mol. The molecule has 0 aromatic carbocycles. The highest BCUT2D eigenvalue weighted by molar-refractivity contribution is 5.35. The van der Waals surface area contributed by atoms with Crippen molar-refractivity contribution >= 4 is 5.82 Å². The largest absolute Gasteiger partial charge is 0.385 e. The van der Waals surface area contributed by atoms with Crippen molar-refractivity contribution in [2.75, 3.05) is 51.3 Å². The van der Waals surface area contributed by atoms with E-state index in [-0.39, 0.29) is 0 Å². The van der Waals surface area contributed by atoms with E-state index in [4.69, 9.17) is 4.74 Å². The molecular formula is C13H22N4O. The molecule has 1 aromatic rings. The lowest BCUT2D eigenvalue weighted by Gasteiger charge is -2.35. The van der Waals surface area contributed by atoms with E-state index >= 15 is 0 Å². The summed E-state index contributed by atoms with van der Waals surface area (Å²) in [5.41, 5.74) is 0. The molecule has 0 aliphatic carbocycles. The summed E-state index contributed by atoms with van der Waals surface area (Å²) in [4.78, 5) is 13.3. The summed E-state index contributed by atoms with van der Waals surface area (Å²) in [6, 6.07) is 0. The molecule has 0 bridgehead atoms. The van der Waals surface area contributed by atoms with Crippen LogP contribution in [0.1, 0.15) is 12.8 Å². The van der Waals surface area contributed by atoms with E-state index in [9.17, 15) is 0 Å². The van der Waals surface area contributed by atoms with E-state index in [1.807, 2.05) is 6.20 Å². The van der Waals surface area contributed by atoms with Crippen LogP contribution in [0.5, 0.6) is 0 Å². The lowest BCUT2D eigenvalue weighted by Crippen LogP contribution is -2.47. The maximum absolute atomic E-state index is 5.06. The fraction of sp³-hybridized carbons (Fsp3) is 0.692. The van der Waals surface area contributed by atoms with Gasteiger partial charge in [-0.05, 0) is 19.4 Å². The molecule has 0 amide bonds. The predicted octanol–water partition coefficient (Wildman–Crippen LogP) is 1.03. The van der Waals surface area contributed by atoms with Crippen molar-refractivity contribution in [1.82, 2.24) is 14.9 Å². The van der Waals surface area contributed by atoms with Gasteiger partial charge >= 0.3 is 0 Å². The number of hydrogen-bond donors (Lipinski definition) is 0. The Kier molecular flexibility index (Phi) is 5.36. The third kappa shape index (κ3) is 3.92. The molecule has 100 valence electrons. The van der Waals surface area contributed by atoms with Gasteiger partial charge in [-0.1, -0.05) is 0 Å². The summed E-state index contributed by atoms with van der Waals surface area (Å²) in [6.45, 7) is 6.37. The van der Waals surface area contributed by atoms with Crippen LogP contribution in [0.3, 0.4) is 0 Å². The summed E-state index contributed by atoms with van der Waals surface area (Å²) in [5, 5.41) is 0. The smallest absolute Gasteiger partial charge is 0.147 e. The number of unbranched alkanes of at least 4 members (excludes halogenated alkanes) is 1. The summed E-state index contributed by atoms with van der Waals surface area (Å²) >= 11 is 0. The van der Waals surface area contributed by atoms with Crippen LogP contribution in [0.4, 0.5) is 5.82 Å². The van der Waals surface area contributed by atoms with Gasteiger partial charge in [0.2, 0.25) is 0 Å². The zero-order valence-electron chi connectivity index (χ0n) is 11.1. The Morgan fingerprint density at radius 3 is 2.67 bits per heavy atom. The maximum atomic E-state index is 5.06. The van der Waals surface area contributed by atoms with Crippen molar-refractivity contribution in [3.63, 3.8) is 0 Å². The molecule has 5 nitrogen and oxygen atoms in total. The lowest BCUT2D eigenvalue weighted by molar-refractivity contribution is 0.182. The second kappa shape index (κ2) is 7.28. The molecule has 1 aliphatic heterocycles. The molecule has 2 rings (SSSR count). The van der Waals surface area contributed by atoms with Gasteiger partial charge in [-0.3, -0.25) is 9.88 Å². The lowest BCUT2D eigenvalue weighted by atomic mass is 10.2. The molecule has 1 fully saturated rings. The van der Waals surface area contributed by atoms with E-state index < -0.39 is 0 Å². The Balaban J connectivity index is 1.68. The van der Waals surface area contributed by atoms with Gasteiger partial charge in [-0.2, -0.15) is 0 Å². The molecule has 0 atom stereocenters. The van der Waals surface area contributed by atoms with Crippen molar-refractivity contribution < 1.29 is 4.74 Å². The highest BCUT2D eigenvalue weighted by atomic mass is 16.5. The second-order valence-corrected chi connectivity index (χ2v) is 4.59. The first-order valence-corrected chi connectivity index (χ1v) is 6.62. The first-order valence-electron chi connectivity index (χ1n) is 6.62. The molecule has 0 spiro atoms. The van der Waals surface area contributed by atoms with Gasteiger partial charge in [0.25, 0.3) is 0 Å². The molecule has 0 unspecified atom stereocenters. The fourth-order valence-corrected chi connectivity index (χ4v) is 2.24. The fourth-order valence-electron chi connectivity index (χ4n) is 2.24. The van der Waals surface area contributed by atoms with Gasteiger partial charge in [-0.25, -0.2) is 4.98 Å². The van der Waals surface area contributed by atoms with Crippen LogP contribution < -0.4 is 4.90 Å². The normalized spacial score (nSPS) is 17.1. The Labute approximate surface area is 109 Å². The van der Waals surface area contributed by atoms with Gasteiger partial charge in [0, 0.05) is 52.3 Å². The highest BCUT2D eigenvalue weighted by Crippen LogP contribution is 2.11. The van der Waals surface area contributed by atoms with E-state index in [2.05, 4.69) is 19.8 Å². The van der Waals surface area contributed by atoms with E-state index in [0.29, 0.717) is 0 Å². The third-order valence-corrected chi connectivity index (χ3v) is 3.32. The second-order valence-electron chi connectivity index (χ2n) is 4.59. The summed E-state index contributed by atoms with van der Waals surface area (Å²) in [7, 11) is 1.76. The summed E-state index contributed by atoms with van der Waals surface area (Å²) in [6.07, 6.45) is 7.69. The van der Waals surface area contributed by atoms with Crippen LogP contribution in [0.25, 0.3) is 0 Å². The summed E-state index contributed by atoms with van der Waals surface area (Å²) in [5.74, 6) is 0.997. The molecule has 0 N–H and O–H groups in total. The molecule has 2 heterocycles. The first-order chi connectivity index (χ1) is 8.90. The number of methoxy groups -OCH3 is 1. The number of piperazine rings is 1. The van der Waals surface area contributed by atoms with Crippen LogP contribution in [-0.2, 0) is 4.74 Å². The maximum Gasteiger partial charge on any atom is 0.147 e. The van der Waals surface area contributed by atoms with Crippen molar-refractivity contribution in [1.29, 1.82) is 0 Å². The van der Waals surface area contributed by atoms with E-state index in [1.165, 1.54) is 13.0 Å². The number of anilines is 1. The minimum atomic E-state index is 0.875. The zero-order chi connectivity index (χ0) is 12.6. The van der Waals surface area contributed by atoms with Gasteiger partial charge in [0.1, 0.15) is 5.82 Å². The Morgan fingerprint density at radius 2 is 2.00 bits per heavy atom. The Morgan fingerprint density at radius 1 is 1.17 bits per heavy atom. The summed E-state index contributed by atoms with van der Waals surface area (Å²) < 4.78 is 5.06. The molecule has 18 heavy (non-hydrogen) atoms. The Bertz CT molecular complexity index is 325.